The molecule has 1 atom stereocenters. The molecule has 0 aromatic carbocycles. The highest BCUT2D eigenvalue weighted by molar-refractivity contribution is 6.04. The van der Waals surface area contributed by atoms with Gasteiger partial charge in [-0.05, 0) is 80.9 Å². The molecular formula is C27H33N7O. The number of nitrogens with zero attached hydrogens (tertiary/aromatic N) is 4. The predicted molar refractivity (Wildman–Crippen MR) is 140 cm³/mol. The van der Waals surface area contributed by atoms with E-state index in [-0.39, 0.29) is 23.7 Å². The van der Waals surface area contributed by atoms with Gasteiger partial charge in [0.1, 0.15) is 17.2 Å². The van der Waals surface area contributed by atoms with Crippen molar-refractivity contribution >= 4 is 29.6 Å². The van der Waals surface area contributed by atoms with Gasteiger partial charge in [0.05, 0.1) is 6.34 Å². The fourth-order valence-electron chi connectivity index (χ4n) is 4.03. The molecule has 0 aliphatic heterocycles. The van der Waals surface area contributed by atoms with Crippen molar-refractivity contribution in [1.82, 2.24) is 14.9 Å². The van der Waals surface area contributed by atoms with Gasteiger partial charge in [0, 0.05) is 30.4 Å². The normalized spacial score (nSPS) is 16.7. The number of aliphatic imine (C=N–C) groups is 1. The second-order valence-electron chi connectivity index (χ2n) is 9.23. The van der Waals surface area contributed by atoms with Crippen molar-refractivity contribution in [3.63, 3.8) is 0 Å². The summed E-state index contributed by atoms with van der Waals surface area (Å²) in [6.07, 6.45) is 11.6. The Balaban J connectivity index is 1.47. The van der Waals surface area contributed by atoms with Crippen LogP contribution in [0.5, 0.6) is 0 Å². The number of rotatable bonds is 10. The maximum Gasteiger partial charge on any atom is 0.275 e. The third-order valence-corrected chi connectivity index (χ3v) is 6.33. The van der Waals surface area contributed by atoms with Gasteiger partial charge in [0.25, 0.3) is 5.91 Å². The third kappa shape index (κ3) is 6.07. The van der Waals surface area contributed by atoms with Crippen molar-refractivity contribution in [2.75, 3.05) is 11.9 Å². The molecule has 3 N–H and O–H groups in total. The van der Waals surface area contributed by atoms with Crippen molar-refractivity contribution in [2.24, 2.45) is 10.9 Å². The average molecular weight is 472 g/mol. The van der Waals surface area contributed by atoms with Crippen molar-refractivity contribution < 1.29 is 4.79 Å². The van der Waals surface area contributed by atoms with Crippen LogP contribution in [0.25, 0.3) is 0 Å². The van der Waals surface area contributed by atoms with Crippen LogP contribution in [0.4, 0.5) is 5.82 Å². The number of aromatic nitrogens is 2. The van der Waals surface area contributed by atoms with Crippen LogP contribution >= 0.6 is 0 Å². The lowest BCUT2D eigenvalue weighted by atomic mass is 9.96. The number of hydrogen-bond donors (Lipinski definition) is 3. The van der Waals surface area contributed by atoms with Crippen LogP contribution in [0.15, 0.2) is 47.6 Å². The van der Waals surface area contributed by atoms with Crippen LogP contribution in [0, 0.1) is 23.7 Å². The van der Waals surface area contributed by atoms with Crippen LogP contribution in [-0.2, 0) is 0 Å². The molecule has 8 heteroatoms. The van der Waals surface area contributed by atoms with E-state index in [9.17, 15) is 4.79 Å². The minimum atomic E-state index is -0.351. The van der Waals surface area contributed by atoms with Gasteiger partial charge in [-0.25, -0.2) is 4.98 Å². The first kappa shape index (κ1) is 24.4. The molecule has 35 heavy (non-hydrogen) atoms. The fraction of sp³-hybridized carbons (Fsp3) is 0.407. The first-order chi connectivity index (χ1) is 16.9. The Morgan fingerprint density at radius 3 is 2.71 bits per heavy atom. The molecule has 2 fully saturated rings. The zero-order chi connectivity index (χ0) is 24.9. The number of pyridine rings is 2. The zero-order valence-electron chi connectivity index (χ0n) is 20.6. The molecule has 2 aliphatic carbocycles. The Morgan fingerprint density at radius 2 is 2.06 bits per heavy atom. The molecule has 0 bridgehead atoms. The Labute approximate surface area is 206 Å². The molecule has 0 spiro atoms. The number of anilines is 1. The number of carbonyl (C=O) groups is 1. The molecule has 182 valence electrons. The van der Waals surface area contributed by atoms with E-state index in [4.69, 9.17) is 10.8 Å². The van der Waals surface area contributed by atoms with E-state index in [1.807, 2.05) is 13.0 Å². The quantitative estimate of drug-likeness (QED) is 0.335. The maximum atomic E-state index is 13.0. The summed E-state index contributed by atoms with van der Waals surface area (Å²) >= 11 is 0. The molecule has 0 saturated heterocycles. The molecule has 2 heterocycles. The summed E-state index contributed by atoms with van der Waals surface area (Å²) in [6, 6.07) is 7.18. The lowest BCUT2D eigenvalue weighted by Gasteiger charge is -2.18. The SMILES string of the molecule is CCN=C(/C=C\C(C)c1cc(C(=O)Nc2cccc(C(=N)N(C=N)C3CC3)n2)ncc1C)C1CC1. The molecule has 2 aromatic rings. The standard InChI is InChI=1S/C27H33N7O/c1-4-30-22(19-9-10-19)13-8-17(2)21-14-24(31-15-18(21)3)27(35)33-25-7-5-6-23(32-25)26(29)34(16-28)20-11-12-20/h5-8,13-17,19-20,28-29H,4,9-12H2,1-3H3,(H,32,33,35)/b13-8-,28-16?,29-26?,30-22?. The third-order valence-electron chi connectivity index (χ3n) is 6.33. The first-order valence-corrected chi connectivity index (χ1v) is 12.3. The van der Waals surface area contributed by atoms with Crippen LogP contribution in [0.3, 0.4) is 0 Å². The van der Waals surface area contributed by atoms with Gasteiger partial charge in [-0.3, -0.25) is 25.6 Å². The summed E-state index contributed by atoms with van der Waals surface area (Å²) in [5.41, 5.74) is 3.97. The monoisotopic (exact) mass is 471 g/mol. The number of amidine groups is 1. The van der Waals surface area contributed by atoms with Crippen molar-refractivity contribution in [1.29, 1.82) is 10.8 Å². The molecule has 2 aromatic heterocycles. The average Bonchev–Trinajstić information content (AvgIpc) is 3.76. The van der Waals surface area contributed by atoms with E-state index < -0.39 is 0 Å². The zero-order valence-corrected chi connectivity index (χ0v) is 20.6. The second kappa shape index (κ2) is 10.7. The van der Waals surface area contributed by atoms with E-state index >= 15 is 0 Å². The summed E-state index contributed by atoms with van der Waals surface area (Å²) in [4.78, 5) is 28.0. The van der Waals surface area contributed by atoms with E-state index in [2.05, 4.69) is 46.3 Å². The number of carbonyl (C=O) groups excluding carboxylic acids is 1. The molecular weight excluding hydrogens is 438 g/mol. The van der Waals surface area contributed by atoms with E-state index in [1.54, 1.807) is 29.3 Å². The minimum Gasteiger partial charge on any atom is -0.313 e. The molecule has 8 nitrogen and oxygen atoms in total. The van der Waals surface area contributed by atoms with Gasteiger partial charge < -0.3 is 10.2 Å². The minimum absolute atomic E-state index is 0.113. The van der Waals surface area contributed by atoms with E-state index in [0.717, 1.165) is 30.5 Å². The van der Waals surface area contributed by atoms with Crippen LogP contribution < -0.4 is 5.32 Å². The van der Waals surface area contributed by atoms with Gasteiger partial charge in [0.2, 0.25) is 0 Å². The van der Waals surface area contributed by atoms with Crippen LogP contribution in [-0.4, -0.2) is 51.2 Å². The fourth-order valence-corrected chi connectivity index (χ4v) is 4.03. The summed E-state index contributed by atoms with van der Waals surface area (Å²) < 4.78 is 0. The van der Waals surface area contributed by atoms with Gasteiger partial charge in [-0.1, -0.05) is 19.1 Å². The van der Waals surface area contributed by atoms with Crippen LogP contribution in [0.2, 0.25) is 0 Å². The lowest BCUT2D eigenvalue weighted by molar-refractivity contribution is 0.102. The second-order valence-corrected chi connectivity index (χ2v) is 9.23. The Hall–Kier alpha value is -3.68. The predicted octanol–water partition coefficient (Wildman–Crippen LogP) is 4.96. The number of allylic oxidation sites excluding steroid dienone is 2. The Kier molecular flexibility index (Phi) is 7.48. The number of amides is 1. The highest BCUT2D eigenvalue weighted by Crippen LogP contribution is 2.32. The molecule has 0 radical (unpaired) electrons. The Morgan fingerprint density at radius 1 is 1.29 bits per heavy atom. The number of hydrogen-bond acceptors (Lipinski definition) is 6. The number of aryl methyl sites for hydroxylation is 1. The summed E-state index contributed by atoms with van der Waals surface area (Å²) in [5.74, 6) is 0.864. The first-order valence-electron chi connectivity index (χ1n) is 12.3. The van der Waals surface area contributed by atoms with E-state index in [0.29, 0.717) is 23.1 Å². The number of nitrogens with one attached hydrogen (secondary N) is 3. The lowest BCUT2D eigenvalue weighted by Crippen LogP contribution is -2.32. The van der Waals surface area contributed by atoms with Gasteiger partial charge in [-0.15, -0.1) is 0 Å². The highest BCUT2D eigenvalue weighted by atomic mass is 16.1. The molecule has 4 rings (SSSR count). The molecule has 1 unspecified atom stereocenters. The summed E-state index contributed by atoms with van der Waals surface area (Å²) in [7, 11) is 0. The molecule has 2 saturated carbocycles. The topological polar surface area (TPSA) is 118 Å². The highest BCUT2D eigenvalue weighted by Gasteiger charge is 2.30. The largest absolute Gasteiger partial charge is 0.313 e. The van der Waals surface area contributed by atoms with Gasteiger partial charge >= 0.3 is 0 Å². The summed E-state index contributed by atoms with van der Waals surface area (Å²) in [5, 5.41) is 18.8. The van der Waals surface area contributed by atoms with E-state index in [1.165, 1.54) is 24.9 Å². The Bertz CT molecular complexity index is 1180. The van der Waals surface area contributed by atoms with Crippen molar-refractivity contribution in [2.45, 2.75) is 58.4 Å². The molecule has 1 amide bonds. The molecule has 2 aliphatic rings. The van der Waals surface area contributed by atoms with Crippen molar-refractivity contribution in [3.8, 4) is 0 Å². The summed E-state index contributed by atoms with van der Waals surface area (Å²) in [6.45, 7) is 6.96. The maximum absolute atomic E-state index is 13.0. The van der Waals surface area contributed by atoms with Gasteiger partial charge in [0.15, 0.2) is 5.84 Å². The van der Waals surface area contributed by atoms with Crippen LogP contribution in [0.1, 0.15) is 72.8 Å². The van der Waals surface area contributed by atoms with Gasteiger partial charge in [-0.2, -0.15) is 0 Å². The smallest absolute Gasteiger partial charge is 0.275 e. The van der Waals surface area contributed by atoms with Crippen molar-refractivity contribution in [3.05, 3.63) is 65.1 Å².